The van der Waals surface area contributed by atoms with Gasteiger partial charge in [-0.05, 0) is 42.0 Å². The lowest BCUT2D eigenvalue weighted by molar-refractivity contribution is -0.0585. The normalized spacial score (nSPS) is 12.8. The maximum Gasteiger partial charge on any atom is 0.369 e. The van der Waals surface area contributed by atoms with Crippen LogP contribution in [0, 0.1) is 0 Å². The number of nitrogens with zero attached hydrogens (tertiary/aromatic N) is 1. The molecule has 1 aromatic heterocycles. The molecule has 0 saturated heterocycles. The maximum absolute atomic E-state index is 12.4. The fourth-order valence-corrected chi connectivity index (χ4v) is 2.94. The van der Waals surface area contributed by atoms with E-state index < -0.39 is 23.3 Å². The van der Waals surface area contributed by atoms with Crippen molar-refractivity contribution in [2.45, 2.75) is 0 Å². The average molecular weight is 395 g/mol. The van der Waals surface area contributed by atoms with E-state index in [4.69, 9.17) is 16.4 Å². The van der Waals surface area contributed by atoms with Gasteiger partial charge in [0.2, 0.25) is 0 Å². The zero-order chi connectivity index (χ0) is 19.8. The zero-order valence-electron chi connectivity index (χ0n) is 14.1. The Morgan fingerprint density at radius 1 is 0.857 bits per heavy atom. The molecule has 2 heterocycles. The first-order valence-corrected chi connectivity index (χ1v) is 8.53. The summed E-state index contributed by atoms with van der Waals surface area (Å²) in [6.45, 7) is 0. The van der Waals surface area contributed by atoms with Gasteiger partial charge in [-0.2, -0.15) is 0 Å². The minimum Gasteiger partial charge on any atom is -0.324 e. The van der Waals surface area contributed by atoms with Crippen LogP contribution >= 0.6 is 11.6 Å². The van der Waals surface area contributed by atoms with Crippen LogP contribution in [0.2, 0.25) is 5.02 Å². The van der Waals surface area contributed by atoms with E-state index in [1.807, 2.05) is 0 Å². The van der Waals surface area contributed by atoms with E-state index in [0.717, 1.165) is 0 Å². The Morgan fingerprint density at radius 3 is 2.04 bits per heavy atom. The second kappa shape index (κ2) is 6.79. The number of imide groups is 1. The molecule has 0 atom stereocenters. The number of carbonyl (C=O) groups excluding carboxylic acids is 3. The molecule has 0 unspecified atom stereocenters. The number of aromatic amines is 1. The first kappa shape index (κ1) is 17.7. The fourth-order valence-electron chi connectivity index (χ4n) is 2.81. The predicted molar refractivity (Wildman–Crippen MR) is 99.9 cm³/mol. The van der Waals surface area contributed by atoms with E-state index in [-0.39, 0.29) is 16.7 Å². The number of H-pyrrole nitrogens is 1. The molecule has 2 aromatic carbocycles. The van der Waals surface area contributed by atoms with Gasteiger partial charge in [-0.3, -0.25) is 14.4 Å². The van der Waals surface area contributed by atoms with Crippen molar-refractivity contribution in [3.8, 4) is 11.3 Å². The molecule has 0 aliphatic carbocycles. The number of aromatic nitrogens is 1. The summed E-state index contributed by atoms with van der Waals surface area (Å²) in [5.74, 6) is -2.63. The van der Waals surface area contributed by atoms with Crippen molar-refractivity contribution in [1.29, 1.82) is 0 Å². The monoisotopic (exact) mass is 394 g/mol. The molecule has 7 nitrogen and oxygen atoms in total. The van der Waals surface area contributed by atoms with Crippen LogP contribution < -0.4 is 5.56 Å². The minimum absolute atomic E-state index is 0.132. The Bertz CT molecular complexity index is 1150. The summed E-state index contributed by atoms with van der Waals surface area (Å²) in [5, 5.41) is 0.909. The Labute approximate surface area is 163 Å². The smallest absolute Gasteiger partial charge is 0.324 e. The lowest BCUT2D eigenvalue weighted by Crippen LogP contribution is -2.34. The number of benzene rings is 2. The number of rotatable bonds is 3. The molecule has 0 spiro atoms. The highest BCUT2D eigenvalue weighted by Crippen LogP contribution is 2.23. The van der Waals surface area contributed by atoms with Crippen molar-refractivity contribution < 1.29 is 19.2 Å². The van der Waals surface area contributed by atoms with Crippen molar-refractivity contribution in [3.63, 3.8) is 0 Å². The Balaban J connectivity index is 1.58. The Morgan fingerprint density at radius 2 is 1.46 bits per heavy atom. The zero-order valence-corrected chi connectivity index (χ0v) is 14.9. The van der Waals surface area contributed by atoms with E-state index in [0.29, 0.717) is 21.3 Å². The van der Waals surface area contributed by atoms with Crippen molar-refractivity contribution >= 4 is 29.4 Å². The van der Waals surface area contributed by atoms with E-state index in [1.54, 1.807) is 36.4 Å². The molecule has 2 amide bonds. The van der Waals surface area contributed by atoms with Crippen molar-refractivity contribution in [2.75, 3.05) is 0 Å². The van der Waals surface area contributed by atoms with Gasteiger partial charge >= 0.3 is 5.97 Å². The second-order valence-corrected chi connectivity index (χ2v) is 6.39. The van der Waals surface area contributed by atoms with Gasteiger partial charge in [0.05, 0.1) is 11.1 Å². The summed E-state index contributed by atoms with van der Waals surface area (Å²) in [6.07, 6.45) is 0. The van der Waals surface area contributed by atoms with Gasteiger partial charge in [-0.1, -0.05) is 40.9 Å². The van der Waals surface area contributed by atoms with Crippen LogP contribution in [0.3, 0.4) is 0 Å². The molecule has 4 rings (SSSR count). The Hall–Kier alpha value is -3.71. The van der Waals surface area contributed by atoms with E-state index in [1.165, 1.54) is 24.3 Å². The number of hydrogen-bond acceptors (Lipinski definition) is 5. The van der Waals surface area contributed by atoms with Crippen molar-refractivity contribution in [1.82, 2.24) is 10.0 Å². The molecule has 1 aliphatic heterocycles. The molecule has 0 bridgehead atoms. The number of hydrogen-bond donors (Lipinski definition) is 1. The number of amides is 2. The molecule has 1 N–H and O–H groups in total. The first-order chi connectivity index (χ1) is 13.5. The molecule has 28 heavy (non-hydrogen) atoms. The van der Waals surface area contributed by atoms with Gasteiger partial charge in [-0.15, -0.1) is 0 Å². The number of carbonyl (C=O) groups is 3. The summed E-state index contributed by atoms with van der Waals surface area (Å²) in [6, 6.07) is 15.6. The summed E-state index contributed by atoms with van der Waals surface area (Å²) in [4.78, 5) is 56.6. The van der Waals surface area contributed by atoms with Crippen LogP contribution in [-0.2, 0) is 4.84 Å². The number of halogens is 1. The summed E-state index contributed by atoms with van der Waals surface area (Å²) in [5.41, 5.74) is 0.378. The molecule has 3 aromatic rings. The van der Waals surface area contributed by atoms with Crippen molar-refractivity contribution in [2.24, 2.45) is 0 Å². The number of fused-ring (bicyclic) bond motifs is 1. The van der Waals surface area contributed by atoms with Crippen LogP contribution in [0.1, 0.15) is 31.1 Å². The molecule has 138 valence electrons. The molecular weight excluding hydrogens is 384 g/mol. The maximum atomic E-state index is 12.4. The molecular formula is C20H11ClN2O5. The standard InChI is InChI=1S/C20H11ClN2O5/c21-12-7-5-11(6-8-12)16-10-9-15(17(24)22-16)20(27)28-23-18(25)13-3-1-2-4-14(13)19(23)26/h1-10H,(H,22,24). The molecule has 0 fully saturated rings. The summed E-state index contributed by atoms with van der Waals surface area (Å²) < 4.78 is 0. The Kier molecular flexibility index (Phi) is 4.29. The minimum atomic E-state index is -1.11. The van der Waals surface area contributed by atoms with E-state index in [9.17, 15) is 19.2 Å². The molecule has 8 heteroatoms. The first-order valence-electron chi connectivity index (χ1n) is 8.15. The van der Waals surface area contributed by atoms with Crippen LogP contribution in [0.25, 0.3) is 11.3 Å². The topological polar surface area (TPSA) is 96.5 Å². The highest BCUT2D eigenvalue weighted by Gasteiger charge is 2.39. The van der Waals surface area contributed by atoms with Crippen LogP contribution in [-0.4, -0.2) is 27.8 Å². The SMILES string of the molecule is O=C(ON1C(=O)c2ccccc2C1=O)c1ccc(-c2ccc(Cl)cc2)[nH]c1=O. The van der Waals surface area contributed by atoms with Crippen LogP contribution in [0.4, 0.5) is 0 Å². The van der Waals surface area contributed by atoms with Gasteiger partial charge in [0.25, 0.3) is 17.4 Å². The summed E-state index contributed by atoms with van der Waals surface area (Å²) in [7, 11) is 0. The number of pyridine rings is 1. The molecule has 0 saturated carbocycles. The van der Waals surface area contributed by atoms with Gasteiger partial charge < -0.3 is 9.82 Å². The lowest BCUT2D eigenvalue weighted by atomic mass is 10.1. The third-order valence-electron chi connectivity index (χ3n) is 4.22. The van der Waals surface area contributed by atoms with E-state index >= 15 is 0 Å². The predicted octanol–water partition coefficient (Wildman–Crippen LogP) is 3.06. The van der Waals surface area contributed by atoms with Crippen LogP contribution in [0.5, 0.6) is 0 Å². The highest BCUT2D eigenvalue weighted by molar-refractivity contribution is 6.30. The second-order valence-electron chi connectivity index (χ2n) is 5.95. The third kappa shape index (κ3) is 2.97. The molecule has 0 radical (unpaired) electrons. The van der Waals surface area contributed by atoms with Gasteiger partial charge in [0.1, 0.15) is 5.56 Å². The highest BCUT2D eigenvalue weighted by atomic mass is 35.5. The molecule has 1 aliphatic rings. The van der Waals surface area contributed by atoms with Gasteiger partial charge in [0, 0.05) is 10.7 Å². The number of nitrogens with one attached hydrogen (secondary N) is 1. The average Bonchev–Trinajstić information content (AvgIpc) is 2.93. The van der Waals surface area contributed by atoms with E-state index in [2.05, 4.69) is 4.98 Å². The van der Waals surface area contributed by atoms with Gasteiger partial charge in [-0.25, -0.2) is 4.79 Å². The van der Waals surface area contributed by atoms with Gasteiger partial charge in [0.15, 0.2) is 0 Å². The third-order valence-corrected chi connectivity index (χ3v) is 4.47. The fraction of sp³-hybridized carbons (Fsp3) is 0. The van der Waals surface area contributed by atoms with Crippen LogP contribution in [0.15, 0.2) is 65.5 Å². The summed E-state index contributed by atoms with van der Waals surface area (Å²) >= 11 is 5.84. The van der Waals surface area contributed by atoms with Crippen molar-refractivity contribution in [3.05, 3.63) is 92.7 Å². The number of hydroxylamine groups is 2. The quantitative estimate of drug-likeness (QED) is 0.688. The lowest BCUT2D eigenvalue weighted by Gasteiger charge is -2.12. The largest absolute Gasteiger partial charge is 0.369 e.